The van der Waals surface area contributed by atoms with Gasteiger partial charge in [-0.25, -0.2) is 19.3 Å². The molecule has 1 aliphatic rings. The Hall–Kier alpha value is -2.57. The van der Waals surface area contributed by atoms with Crippen molar-refractivity contribution in [1.82, 2.24) is 25.1 Å². The first-order valence-corrected chi connectivity index (χ1v) is 7.81. The largest absolute Gasteiger partial charge is 0.325 e. The molecule has 0 aromatic carbocycles. The Balaban J connectivity index is 0.00000169. The highest BCUT2D eigenvalue weighted by Crippen LogP contribution is 2.33. The van der Waals surface area contributed by atoms with Gasteiger partial charge in [-0.1, -0.05) is 12.8 Å². The van der Waals surface area contributed by atoms with Gasteiger partial charge in [-0.2, -0.15) is 5.10 Å². The molecule has 3 aromatic rings. The summed E-state index contributed by atoms with van der Waals surface area (Å²) in [5, 5.41) is 10.7. The Bertz CT molecular complexity index is 859. The molecule has 23 heavy (non-hydrogen) atoms. The van der Waals surface area contributed by atoms with Crippen molar-refractivity contribution < 1.29 is 5.82 Å². The molecule has 1 saturated carbocycles. The van der Waals surface area contributed by atoms with Crippen LogP contribution in [0.5, 0.6) is 0 Å². The Morgan fingerprint density at radius 1 is 1.26 bits per heavy atom. The molecule has 0 unspecified atom stereocenters. The summed E-state index contributed by atoms with van der Waals surface area (Å²) < 4.78 is 13.4. The second-order valence-electron chi connectivity index (χ2n) is 5.98. The van der Waals surface area contributed by atoms with Crippen LogP contribution in [0.3, 0.4) is 0 Å². The predicted octanol–water partition coefficient (Wildman–Crippen LogP) is 3.84. The molecular weight excluding hydrogens is 295 g/mol. The summed E-state index contributed by atoms with van der Waals surface area (Å²) in [4.78, 5) is 13.2. The van der Waals surface area contributed by atoms with Crippen molar-refractivity contribution in [3.05, 3.63) is 35.7 Å². The van der Waals surface area contributed by atoms with E-state index in [-0.39, 0.29) is 1.43 Å². The molecule has 1 aliphatic carbocycles. The zero-order chi connectivity index (χ0) is 15.8. The first-order valence-electron chi connectivity index (χ1n) is 7.81. The van der Waals surface area contributed by atoms with E-state index in [1.807, 2.05) is 13.0 Å². The number of nitrogens with one attached hydrogen (secondary N) is 2. The maximum atomic E-state index is 13.4. The maximum absolute atomic E-state index is 13.4. The molecule has 0 aliphatic heterocycles. The molecule has 3 aromatic heterocycles. The van der Waals surface area contributed by atoms with Gasteiger partial charge < -0.3 is 5.32 Å². The second kappa shape index (κ2) is 5.57. The molecule has 4 rings (SSSR count). The fourth-order valence-electron chi connectivity index (χ4n) is 3.12. The lowest BCUT2D eigenvalue weighted by atomic mass is 10.1. The molecule has 0 bridgehead atoms. The average Bonchev–Trinajstić information content (AvgIpc) is 3.17. The number of aromatic nitrogens is 5. The number of aryl methyl sites for hydroxylation is 1. The number of fused-ring (bicyclic) bond motifs is 1. The highest BCUT2D eigenvalue weighted by Gasteiger charge is 2.20. The van der Waals surface area contributed by atoms with Gasteiger partial charge in [0.25, 0.3) is 0 Å². The van der Waals surface area contributed by atoms with Gasteiger partial charge in [-0.15, -0.1) is 0 Å². The van der Waals surface area contributed by atoms with Crippen molar-refractivity contribution in [2.75, 3.05) is 5.32 Å². The second-order valence-corrected chi connectivity index (χ2v) is 5.98. The normalized spacial score (nSPS) is 15.4. The van der Waals surface area contributed by atoms with Crippen molar-refractivity contribution in [3.63, 3.8) is 0 Å². The van der Waals surface area contributed by atoms with Crippen LogP contribution in [0, 0.1) is 12.7 Å². The monoisotopic (exact) mass is 314 g/mol. The summed E-state index contributed by atoms with van der Waals surface area (Å²) in [6.45, 7) is 1.96. The lowest BCUT2D eigenvalue weighted by molar-refractivity contribution is 0.624. The fraction of sp³-hybridized carbons (Fsp3) is 0.375. The summed E-state index contributed by atoms with van der Waals surface area (Å²) in [6, 6.07) is 3.28. The number of hydrogen-bond donors (Lipinski definition) is 2. The highest BCUT2D eigenvalue weighted by atomic mass is 19.1. The third-order valence-corrected chi connectivity index (χ3v) is 4.22. The van der Waals surface area contributed by atoms with Gasteiger partial charge in [-0.05, 0) is 25.8 Å². The van der Waals surface area contributed by atoms with Crippen LogP contribution in [0.4, 0.5) is 16.0 Å². The molecule has 120 valence electrons. The Labute approximate surface area is 134 Å². The topological polar surface area (TPSA) is 79.4 Å². The van der Waals surface area contributed by atoms with E-state index in [1.165, 1.54) is 18.9 Å². The van der Waals surface area contributed by atoms with Gasteiger partial charge >= 0.3 is 0 Å². The summed E-state index contributed by atoms with van der Waals surface area (Å²) in [7, 11) is 0. The average molecular weight is 314 g/mol. The van der Waals surface area contributed by atoms with Crippen LogP contribution in [-0.2, 0) is 0 Å². The molecule has 0 atom stereocenters. The van der Waals surface area contributed by atoms with E-state index in [1.54, 1.807) is 0 Å². The van der Waals surface area contributed by atoms with Crippen LogP contribution < -0.4 is 5.32 Å². The minimum Gasteiger partial charge on any atom is -0.325 e. The first-order chi connectivity index (χ1) is 11.2. The molecule has 0 amide bonds. The smallest absolute Gasteiger partial charge is 0.183 e. The van der Waals surface area contributed by atoms with E-state index in [0.717, 1.165) is 30.6 Å². The summed E-state index contributed by atoms with van der Waals surface area (Å²) in [5.41, 5.74) is 1.38. The molecule has 0 spiro atoms. The van der Waals surface area contributed by atoms with E-state index < -0.39 is 5.82 Å². The quantitative estimate of drug-likeness (QED) is 0.768. The number of nitrogens with zero attached hydrogens (tertiary/aromatic N) is 4. The van der Waals surface area contributed by atoms with Crippen LogP contribution in [0.2, 0.25) is 0 Å². The minimum atomic E-state index is -0.396. The number of anilines is 2. The number of hydrogen-bond acceptors (Lipinski definition) is 5. The van der Waals surface area contributed by atoms with Crippen molar-refractivity contribution in [3.8, 4) is 0 Å². The summed E-state index contributed by atoms with van der Waals surface area (Å²) in [6.07, 6.45) is 5.91. The molecule has 0 radical (unpaired) electrons. The van der Waals surface area contributed by atoms with Crippen LogP contribution >= 0.6 is 0 Å². The fourth-order valence-corrected chi connectivity index (χ4v) is 3.12. The summed E-state index contributed by atoms with van der Waals surface area (Å²) in [5.74, 6) is 2.20. The molecule has 1 fully saturated rings. The maximum Gasteiger partial charge on any atom is 0.183 e. The van der Waals surface area contributed by atoms with Crippen LogP contribution in [0.15, 0.2) is 18.3 Å². The molecule has 6 nitrogen and oxygen atoms in total. The Morgan fingerprint density at radius 2 is 2.09 bits per heavy atom. The third-order valence-electron chi connectivity index (χ3n) is 4.22. The van der Waals surface area contributed by atoms with Crippen molar-refractivity contribution in [2.45, 2.75) is 38.5 Å². The van der Waals surface area contributed by atoms with Gasteiger partial charge in [0.05, 0.1) is 11.6 Å². The zero-order valence-electron chi connectivity index (χ0n) is 12.8. The zero-order valence-corrected chi connectivity index (χ0v) is 12.8. The minimum absolute atomic E-state index is 0. The molecular formula is C16H19FN6. The van der Waals surface area contributed by atoms with E-state index >= 15 is 0 Å². The number of H-pyrrole nitrogens is 1. The van der Waals surface area contributed by atoms with Crippen LogP contribution in [-0.4, -0.2) is 25.1 Å². The van der Waals surface area contributed by atoms with E-state index in [4.69, 9.17) is 0 Å². The SMILES string of the molecule is Cc1cc(Nc2[nH]nc3ncc(F)cc23)nc(C2CCCC2)n1.[HH]. The number of aromatic amines is 1. The Kier molecular flexibility index (Phi) is 3.40. The van der Waals surface area contributed by atoms with Gasteiger partial charge in [0.15, 0.2) is 5.65 Å². The number of rotatable bonds is 3. The third kappa shape index (κ3) is 2.74. The number of halogens is 1. The van der Waals surface area contributed by atoms with Gasteiger partial charge in [0.1, 0.15) is 23.3 Å². The lowest BCUT2D eigenvalue weighted by Gasteiger charge is -2.11. The van der Waals surface area contributed by atoms with Crippen molar-refractivity contribution >= 4 is 22.7 Å². The van der Waals surface area contributed by atoms with E-state index in [2.05, 4.69) is 30.5 Å². The van der Waals surface area contributed by atoms with Crippen molar-refractivity contribution in [2.24, 2.45) is 0 Å². The lowest BCUT2D eigenvalue weighted by Crippen LogP contribution is -2.05. The first kappa shape index (κ1) is 14.0. The molecule has 7 heteroatoms. The Morgan fingerprint density at radius 3 is 2.91 bits per heavy atom. The number of pyridine rings is 1. The van der Waals surface area contributed by atoms with Gasteiger partial charge in [0, 0.05) is 19.1 Å². The molecule has 0 saturated heterocycles. The highest BCUT2D eigenvalue weighted by molar-refractivity contribution is 5.88. The van der Waals surface area contributed by atoms with Gasteiger partial charge in [-0.3, -0.25) is 5.10 Å². The van der Waals surface area contributed by atoms with Crippen molar-refractivity contribution in [1.29, 1.82) is 0 Å². The van der Waals surface area contributed by atoms with E-state index in [0.29, 0.717) is 28.6 Å². The summed E-state index contributed by atoms with van der Waals surface area (Å²) >= 11 is 0. The van der Waals surface area contributed by atoms with Gasteiger partial charge in [0.2, 0.25) is 0 Å². The predicted molar refractivity (Wildman–Crippen MR) is 87.2 cm³/mol. The standard InChI is InChI=1S/C16H17FN6.H2/c1-9-6-13(20-14(19-9)10-4-2-3-5-10)21-16-12-7-11(17)8-18-15(12)22-23-16;/h6-8,10H,2-5H2,1H3,(H2,18,19,20,21,22,23);1H. The molecule has 3 heterocycles. The molecule has 2 N–H and O–H groups in total. The van der Waals surface area contributed by atoms with E-state index in [9.17, 15) is 4.39 Å². The van der Waals surface area contributed by atoms with Crippen LogP contribution in [0.25, 0.3) is 11.0 Å². The van der Waals surface area contributed by atoms with Crippen LogP contribution in [0.1, 0.15) is 44.5 Å².